The average Bonchev–Trinajstić information content (AvgIpc) is 2.53. The molecule has 1 fully saturated rings. The fourth-order valence-electron chi connectivity index (χ4n) is 2.57. The lowest BCUT2D eigenvalue weighted by Crippen LogP contribution is -2.51. The third-order valence-corrected chi connectivity index (χ3v) is 4.14. The number of carbonyl (C=O) groups excluding carboxylic acids is 1. The second-order valence-corrected chi connectivity index (χ2v) is 5.26. The van der Waals surface area contributed by atoms with Gasteiger partial charge in [-0.1, -0.05) is 6.92 Å². The molecule has 0 aliphatic carbocycles. The molecular weight excluding hydrogens is 252 g/mol. The Kier molecular flexibility index (Phi) is 4.95. The van der Waals surface area contributed by atoms with Gasteiger partial charge < -0.3 is 10.2 Å². The van der Waals surface area contributed by atoms with Crippen molar-refractivity contribution in [3.05, 3.63) is 24.0 Å². The molecule has 20 heavy (non-hydrogen) atoms. The summed E-state index contributed by atoms with van der Waals surface area (Å²) in [5, 5.41) is 3.03. The van der Waals surface area contributed by atoms with Gasteiger partial charge in [0.15, 0.2) is 0 Å². The molecule has 5 heteroatoms. The number of piperazine rings is 1. The van der Waals surface area contributed by atoms with Gasteiger partial charge >= 0.3 is 0 Å². The molecule has 1 aromatic heterocycles. The van der Waals surface area contributed by atoms with E-state index in [1.807, 2.05) is 11.9 Å². The van der Waals surface area contributed by atoms with Crippen molar-refractivity contribution < 1.29 is 4.79 Å². The molecular formula is C15H24N4O. The van der Waals surface area contributed by atoms with Crippen molar-refractivity contribution in [2.24, 2.45) is 0 Å². The predicted molar refractivity (Wildman–Crippen MR) is 81.0 cm³/mol. The zero-order valence-corrected chi connectivity index (χ0v) is 12.6. The summed E-state index contributed by atoms with van der Waals surface area (Å²) in [6.45, 7) is 7.97. The molecule has 0 saturated carbocycles. The number of hydrogen-bond acceptors (Lipinski definition) is 4. The van der Waals surface area contributed by atoms with Gasteiger partial charge in [0, 0.05) is 45.5 Å². The van der Waals surface area contributed by atoms with Crippen LogP contribution in [0.5, 0.6) is 0 Å². The molecule has 0 aromatic carbocycles. The van der Waals surface area contributed by atoms with Crippen LogP contribution in [0.25, 0.3) is 0 Å². The third-order valence-electron chi connectivity index (χ3n) is 4.14. The maximum atomic E-state index is 12.6. The molecule has 2 heterocycles. The van der Waals surface area contributed by atoms with Crippen LogP contribution in [0.1, 0.15) is 30.6 Å². The van der Waals surface area contributed by atoms with Crippen LogP contribution < -0.4 is 5.32 Å². The summed E-state index contributed by atoms with van der Waals surface area (Å²) in [4.78, 5) is 21.0. The monoisotopic (exact) mass is 276 g/mol. The highest BCUT2D eigenvalue weighted by Crippen LogP contribution is 2.17. The number of hydrogen-bond donors (Lipinski definition) is 1. The van der Waals surface area contributed by atoms with Gasteiger partial charge in [-0.3, -0.25) is 14.7 Å². The molecule has 1 unspecified atom stereocenters. The van der Waals surface area contributed by atoms with E-state index < -0.39 is 0 Å². The Labute approximate surface area is 121 Å². The lowest BCUT2D eigenvalue weighted by atomic mass is 10.1. The van der Waals surface area contributed by atoms with Crippen molar-refractivity contribution in [2.45, 2.75) is 26.3 Å². The number of carbonyl (C=O) groups is 1. The first kappa shape index (κ1) is 14.8. The normalized spacial score (nSPS) is 17.9. The SMILES string of the molecule is CCC(C)N1CCN(C(=O)c2ccncc2NC)CC1. The summed E-state index contributed by atoms with van der Waals surface area (Å²) in [6.07, 6.45) is 4.52. The summed E-state index contributed by atoms with van der Waals surface area (Å²) in [6, 6.07) is 2.39. The number of amides is 1. The maximum absolute atomic E-state index is 12.6. The number of nitrogens with zero attached hydrogens (tertiary/aromatic N) is 3. The number of nitrogens with one attached hydrogen (secondary N) is 1. The van der Waals surface area contributed by atoms with E-state index in [0.29, 0.717) is 11.6 Å². The van der Waals surface area contributed by atoms with Crippen LogP contribution in [-0.4, -0.2) is 60.0 Å². The van der Waals surface area contributed by atoms with Gasteiger partial charge in [-0.2, -0.15) is 0 Å². The molecule has 0 radical (unpaired) electrons. The van der Waals surface area contributed by atoms with Crippen molar-refractivity contribution in [1.29, 1.82) is 0 Å². The predicted octanol–water partition coefficient (Wildman–Crippen LogP) is 1.68. The Hall–Kier alpha value is -1.62. The van der Waals surface area contributed by atoms with E-state index >= 15 is 0 Å². The number of pyridine rings is 1. The Morgan fingerprint density at radius 3 is 2.70 bits per heavy atom. The van der Waals surface area contributed by atoms with Gasteiger partial charge in [-0.25, -0.2) is 0 Å². The molecule has 1 amide bonds. The fourth-order valence-corrected chi connectivity index (χ4v) is 2.57. The smallest absolute Gasteiger partial charge is 0.256 e. The van der Waals surface area contributed by atoms with Gasteiger partial charge in [0.25, 0.3) is 5.91 Å². The first-order valence-corrected chi connectivity index (χ1v) is 7.32. The van der Waals surface area contributed by atoms with Crippen molar-refractivity contribution in [3.63, 3.8) is 0 Å². The van der Waals surface area contributed by atoms with E-state index in [2.05, 4.69) is 29.0 Å². The molecule has 1 atom stereocenters. The first-order valence-electron chi connectivity index (χ1n) is 7.32. The van der Waals surface area contributed by atoms with E-state index in [1.165, 1.54) is 0 Å². The van der Waals surface area contributed by atoms with Gasteiger partial charge in [0.05, 0.1) is 17.4 Å². The number of aromatic nitrogens is 1. The van der Waals surface area contributed by atoms with Crippen molar-refractivity contribution in [1.82, 2.24) is 14.8 Å². The van der Waals surface area contributed by atoms with E-state index in [0.717, 1.165) is 38.3 Å². The number of anilines is 1. The summed E-state index contributed by atoms with van der Waals surface area (Å²) < 4.78 is 0. The summed E-state index contributed by atoms with van der Waals surface area (Å²) >= 11 is 0. The Morgan fingerprint density at radius 1 is 1.40 bits per heavy atom. The van der Waals surface area contributed by atoms with Crippen molar-refractivity contribution in [3.8, 4) is 0 Å². The lowest BCUT2D eigenvalue weighted by molar-refractivity contribution is 0.0580. The van der Waals surface area contributed by atoms with Gasteiger partial charge in [0.1, 0.15) is 0 Å². The largest absolute Gasteiger partial charge is 0.386 e. The van der Waals surface area contributed by atoms with Crippen LogP contribution in [0.2, 0.25) is 0 Å². The highest BCUT2D eigenvalue weighted by molar-refractivity contribution is 5.99. The van der Waals surface area contributed by atoms with Crippen molar-refractivity contribution >= 4 is 11.6 Å². The average molecular weight is 276 g/mol. The molecule has 1 aliphatic heterocycles. The lowest BCUT2D eigenvalue weighted by Gasteiger charge is -2.38. The highest BCUT2D eigenvalue weighted by atomic mass is 16.2. The molecule has 2 rings (SSSR count). The minimum Gasteiger partial charge on any atom is -0.386 e. The van der Waals surface area contributed by atoms with E-state index in [9.17, 15) is 4.79 Å². The highest BCUT2D eigenvalue weighted by Gasteiger charge is 2.25. The summed E-state index contributed by atoms with van der Waals surface area (Å²) in [5.41, 5.74) is 1.50. The van der Waals surface area contributed by atoms with Crippen LogP contribution >= 0.6 is 0 Å². The molecule has 1 aromatic rings. The van der Waals surface area contributed by atoms with Crippen LogP contribution in [-0.2, 0) is 0 Å². The zero-order chi connectivity index (χ0) is 14.5. The topological polar surface area (TPSA) is 48.5 Å². The molecule has 0 spiro atoms. The molecule has 5 nitrogen and oxygen atoms in total. The molecule has 110 valence electrons. The maximum Gasteiger partial charge on any atom is 0.256 e. The first-order chi connectivity index (χ1) is 9.67. The summed E-state index contributed by atoms with van der Waals surface area (Å²) in [5.74, 6) is 0.0977. The van der Waals surface area contributed by atoms with Crippen LogP contribution in [0.3, 0.4) is 0 Å². The van der Waals surface area contributed by atoms with Crippen LogP contribution in [0.15, 0.2) is 18.5 Å². The minimum absolute atomic E-state index is 0.0977. The fraction of sp³-hybridized carbons (Fsp3) is 0.600. The van der Waals surface area contributed by atoms with Gasteiger partial charge in [-0.15, -0.1) is 0 Å². The van der Waals surface area contributed by atoms with Crippen LogP contribution in [0, 0.1) is 0 Å². The summed E-state index contributed by atoms with van der Waals surface area (Å²) in [7, 11) is 1.81. The molecule has 1 N–H and O–H groups in total. The van der Waals surface area contributed by atoms with E-state index in [4.69, 9.17) is 0 Å². The van der Waals surface area contributed by atoms with Gasteiger partial charge in [0.2, 0.25) is 0 Å². The zero-order valence-electron chi connectivity index (χ0n) is 12.6. The second kappa shape index (κ2) is 6.70. The quantitative estimate of drug-likeness (QED) is 0.909. The molecule has 1 aliphatic rings. The Morgan fingerprint density at radius 2 is 2.10 bits per heavy atom. The van der Waals surface area contributed by atoms with Gasteiger partial charge in [-0.05, 0) is 19.4 Å². The van der Waals surface area contributed by atoms with Crippen LogP contribution in [0.4, 0.5) is 5.69 Å². The Balaban J connectivity index is 2.01. The van der Waals surface area contributed by atoms with E-state index in [-0.39, 0.29) is 5.91 Å². The van der Waals surface area contributed by atoms with E-state index in [1.54, 1.807) is 18.5 Å². The standard InChI is InChI=1S/C15H24N4O/c1-4-12(2)18-7-9-19(10-8-18)15(20)13-5-6-17-11-14(13)16-3/h5-6,11-12,16H,4,7-10H2,1-3H3. The minimum atomic E-state index is 0.0977. The number of rotatable bonds is 4. The third kappa shape index (κ3) is 3.10. The molecule has 1 saturated heterocycles. The van der Waals surface area contributed by atoms with Crippen molar-refractivity contribution in [2.75, 3.05) is 38.5 Å². The Bertz CT molecular complexity index is 455. The second-order valence-electron chi connectivity index (χ2n) is 5.26. The molecule has 0 bridgehead atoms.